The molecular weight excluding hydrogens is 247 g/mol. The molecule has 0 aliphatic heterocycles. The summed E-state index contributed by atoms with van der Waals surface area (Å²) in [6, 6.07) is 6.28. The molecule has 5 nitrogen and oxygen atoms in total. The Morgan fingerprint density at radius 1 is 1.24 bits per heavy atom. The van der Waals surface area contributed by atoms with E-state index < -0.39 is 11.8 Å². The van der Waals surface area contributed by atoms with Crippen molar-refractivity contribution >= 4 is 23.0 Å². The van der Waals surface area contributed by atoms with E-state index >= 15 is 0 Å². The van der Waals surface area contributed by atoms with Crippen LogP contribution in [0, 0.1) is 0 Å². The number of nitrogens with zero attached hydrogens (tertiary/aromatic N) is 2. The molecular formula is C11H5KN2O3. The fourth-order valence-electron chi connectivity index (χ4n) is 1.61. The van der Waals surface area contributed by atoms with E-state index in [9.17, 15) is 14.7 Å². The van der Waals surface area contributed by atoms with E-state index in [2.05, 4.69) is 4.79 Å². The summed E-state index contributed by atoms with van der Waals surface area (Å²) < 4.78 is 0. The number of fused-ring (bicyclic) bond motifs is 1. The zero-order valence-corrected chi connectivity index (χ0v) is 12.1. The van der Waals surface area contributed by atoms with E-state index in [1.807, 2.05) is 0 Å². The number of allylic oxidation sites excluding steroid dienone is 1. The van der Waals surface area contributed by atoms with E-state index in [0.717, 1.165) is 6.08 Å². The Morgan fingerprint density at radius 3 is 2.35 bits per heavy atom. The number of rotatable bonds is 1. The van der Waals surface area contributed by atoms with Crippen molar-refractivity contribution in [3.05, 3.63) is 47.0 Å². The Bertz CT molecular complexity index is 586. The normalized spacial score (nSPS) is 13.1. The minimum atomic E-state index is -1.43. The maximum atomic E-state index is 11.4. The van der Waals surface area contributed by atoms with E-state index in [0.29, 0.717) is 5.56 Å². The summed E-state index contributed by atoms with van der Waals surface area (Å²) in [6.07, 6.45) is 0.896. The minimum Gasteiger partial charge on any atom is -0.545 e. The minimum absolute atomic E-state index is 0. The Balaban J connectivity index is 0.00000144. The molecule has 1 aromatic carbocycles. The largest absolute Gasteiger partial charge is 1.00 e. The van der Waals surface area contributed by atoms with Crippen LogP contribution < -0.4 is 56.5 Å². The molecule has 17 heavy (non-hydrogen) atoms. The van der Waals surface area contributed by atoms with Crippen LogP contribution in [0.5, 0.6) is 0 Å². The van der Waals surface area contributed by atoms with E-state index in [-0.39, 0.29) is 68.2 Å². The number of carbonyl (C=O) groups excluding carboxylic acids is 2. The van der Waals surface area contributed by atoms with Crippen molar-refractivity contribution < 1.29 is 70.9 Å². The molecule has 0 radical (unpaired) electrons. The van der Waals surface area contributed by atoms with Gasteiger partial charge in [-0.05, 0) is 11.6 Å². The number of carboxylic acid groups (broad SMARTS) is 1. The summed E-state index contributed by atoms with van der Waals surface area (Å²) in [7, 11) is 0. The molecule has 0 amide bonds. The summed E-state index contributed by atoms with van der Waals surface area (Å²) in [6.45, 7) is 0. The van der Waals surface area contributed by atoms with Crippen molar-refractivity contribution in [1.82, 2.24) is 0 Å². The predicted octanol–water partition coefficient (Wildman–Crippen LogP) is -3.57. The Hall–Kier alpha value is -0.884. The SMILES string of the molecule is [K+].[N-]=[N+]=C1C(=O)C=C(C(=O)[O-])c2ccccc21. The van der Waals surface area contributed by atoms with Gasteiger partial charge in [0.15, 0.2) is 0 Å². The predicted molar refractivity (Wildman–Crippen MR) is 52.2 cm³/mol. The number of hydrogen-bond acceptors (Lipinski definition) is 3. The van der Waals surface area contributed by atoms with E-state index in [1.165, 1.54) is 12.1 Å². The standard InChI is InChI=1S/C11H6N2O3.K/c12-13-10-7-4-2-1-3-6(7)8(11(15)16)5-9(10)14;/h1-5H,(H,15,16);/q;+1/p-1. The van der Waals surface area contributed by atoms with Gasteiger partial charge in [0.05, 0.1) is 11.5 Å². The second-order valence-electron chi connectivity index (χ2n) is 3.20. The van der Waals surface area contributed by atoms with Crippen LogP contribution in [0.15, 0.2) is 30.3 Å². The number of aliphatic carboxylic acids is 1. The molecule has 0 bridgehead atoms. The van der Waals surface area contributed by atoms with Gasteiger partial charge >= 0.3 is 57.1 Å². The quantitative estimate of drug-likeness (QED) is 0.294. The van der Waals surface area contributed by atoms with Gasteiger partial charge in [0.2, 0.25) is 0 Å². The van der Waals surface area contributed by atoms with Gasteiger partial charge in [0, 0.05) is 11.6 Å². The fraction of sp³-hybridized carbons (Fsp3) is 0. The molecule has 0 saturated carbocycles. The van der Waals surface area contributed by atoms with Crippen LogP contribution in [0.2, 0.25) is 0 Å². The molecule has 0 unspecified atom stereocenters. The number of carbonyl (C=O) groups is 2. The van der Waals surface area contributed by atoms with Gasteiger partial charge in [-0.2, -0.15) is 4.79 Å². The number of carboxylic acids is 1. The number of benzene rings is 1. The molecule has 0 heterocycles. The van der Waals surface area contributed by atoms with Gasteiger partial charge in [-0.1, -0.05) is 18.2 Å². The number of hydrogen-bond donors (Lipinski definition) is 0. The van der Waals surface area contributed by atoms with E-state index in [4.69, 9.17) is 5.53 Å². The van der Waals surface area contributed by atoms with Gasteiger partial charge in [-0.15, -0.1) is 0 Å². The third kappa shape index (κ3) is 2.52. The molecule has 1 aliphatic rings. The average molecular weight is 252 g/mol. The van der Waals surface area contributed by atoms with Crippen LogP contribution in [0.3, 0.4) is 0 Å². The summed E-state index contributed by atoms with van der Waals surface area (Å²) in [5.41, 5.74) is 8.94. The van der Waals surface area contributed by atoms with Crippen LogP contribution in [-0.4, -0.2) is 22.3 Å². The first kappa shape index (κ1) is 14.2. The average Bonchev–Trinajstić information content (AvgIpc) is 2.28. The molecule has 1 aromatic rings. The Kier molecular flexibility index (Phi) is 4.70. The Labute approximate surface area is 139 Å². The third-order valence-electron chi connectivity index (χ3n) is 2.30. The molecule has 0 atom stereocenters. The maximum absolute atomic E-state index is 11.4. The fourth-order valence-corrected chi connectivity index (χ4v) is 1.61. The molecule has 2 rings (SSSR count). The molecule has 1 aliphatic carbocycles. The van der Waals surface area contributed by atoms with E-state index in [1.54, 1.807) is 12.1 Å². The topological polar surface area (TPSA) is 93.6 Å². The monoisotopic (exact) mass is 252 g/mol. The number of ketones is 1. The van der Waals surface area contributed by atoms with Gasteiger partial charge in [-0.3, -0.25) is 4.79 Å². The van der Waals surface area contributed by atoms with Gasteiger partial charge < -0.3 is 15.4 Å². The summed E-state index contributed by atoms with van der Waals surface area (Å²) in [4.78, 5) is 25.1. The first-order chi connectivity index (χ1) is 7.65. The van der Waals surface area contributed by atoms with Gasteiger partial charge in [-0.25, -0.2) is 0 Å². The first-order valence-corrected chi connectivity index (χ1v) is 4.44. The Morgan fingerprint density at radius 2 is 1.82 bits per heavy atom. The second kappa shape index (κ2) is 5.64. The third-order valence-corrected chi connectivity index (χ3v) is 2.30. The zero-order valence-electron chi connectivity index (χ0n) is 9.01. The van der Waals surface area contributed by atoms with Crippen molar-refractivity contribution in [3.63, 3.8) is 0 Å². The first-order valence-electron chi connectivity index (χ1n) is 4.44. The molecule has 0 saturated heterocycles. The molecule has 0 aromatic heterocycles. The van der Waals surface area contributed by atoms with Crippen molar-refractivity contribution in [2.45, 2.75) is 0 Å². The van der Waals surface area contributed by atoms with Crippen molar-refractivity contribution in [3.8, 4) is 0 Å². The summed E-state index contributed by atoms with van der Waals surface area (Å²) in [5, 5.41) is 10.8. The van der Waals surface area contributed by atoms with Gasteiger partial charge in [0.25, 0.3) is 5.78 Å². The van der Waals surface area contributed by atoms with Crippen molar-refractivity contribution in [2.24, 2.45) is 0 Å². The summed E-state index contributed by atoms with van der Waals surface area (Å²) >= 11 is 0. The summed E-state index contributed by atoms with van der Waals surface area (Å²) in [5.74, 6) is -2.09. The van der Waals surface area contributed by atoms with Gasteiger partial charge in [0.1, 0.15) is 0 Å². The maximum Gasteiger partial charge on any atom is 1.00 e. The van der Waals surface area contributed by atoms with Crippen LogP contribution in [0.4, 0.5) is 0 Å². The second-order valence-corrected chi connectivity index (χ2v) is 3.20. The molecule has 0 N–H and O–H groups in total. The van der Waals surface area contributed by atoms with Crippen LogP contribution in [-0.2, 0) is 9.59 Å². The molecule has 0 spiro atoms. The smallest absolute Gasteiger partial charge is 0.545 e. The van der Waals surface area contributed by atoms with Crippen LogP contribution in [0.1, 0.15) is 11.1 Å². The van der Waals surface area contributed by atoms with Crippen molar-refractivity contribution in [2.75, 3.05) is 0 Å². The zero-order chi connectivity index (χ0) is 11.7. The molecule has 6 heteroatoms. The van der Waals surface area contributed by atoms with Crippen LogP contribution in [0.25, 0.3) is 11.1 Å². The van der Waals surface area contributed by atoms with Crippen molar-refractivity contribution in [1.29, 1.82) is 0 Å². The van der Waals surface area contributed by atoms with Crippen LogP contribution >= 0.6 is 0 Å². The molecule has 78 valence electrons. The molecule has 0 fully saturated rings.